The number of H-pyrrole nitrogens is 1. The van der Waals surface area contributed by atoms with Crippen LogP contribution in [0.25, 0.3) is 0 Å². The highest BCUT2D eigenvalue weighted by Gasteiger charge is 2.63. The third kappa shape index (κ3) is 3.06. The van der Waals surface area contributed by atoms with Crippen LogP contribution in [0.5, 0.6) is 0 Å². The van der Waals surface area contributed by atoms with E-state index in [4.69, 9.17) is 0 Å². The molecule has 0 amide bonds. The summed E-state index contributed by atoms with van der Waals surface area (Å²) < 4.78 is 32.5. The Balaban J connectivity index is 0.000000158. The quantitative estimate of drug-likeness (QED) is 0.463. The summed E-state index contributed by atoms with van der Waals surface area (Å²) in [6.45, 7) is 13.8. The van der Waals surface area contributed by atoms with Gasteiger partial charge >= 0.3 is 0 Å². The van der Waals surface area contributed by atoms with Gasteiger partial charge in [0.25, 0.3) is 11.1 Å². The predicted octanol–water partition coefficient (Wildman–Crippen LogP) is 5.58. The van der Waals surface area contributed by atoms with E-state index < -0.39 is 11.6 Å². The second-order valence-electron chi connectivity index (χ2n) is 13.9. The van der Waals surface area contributed by atoms with E-state index in [-0.39, 0.29) is 45.2 Å². The van der Waals surface area contributed by atoms with Crippen LogP contribution in [0.1, 0.15) is 107 Å². The minimum absolute atomic E-state index is 0.0299. The van der Waals surface area contributed by atoms with E-state index in [9.17, 15) is 18.4 Å². The van der Waals surface area contributed by atoms with Gasteiger partial charge in [-0.3, -0.25) is 24.1 Å². The van der Waals surface area contributed by atoms with Crippen molar-refractivity contribution in [3.05, 3.63) is 78.6 Å². The van der Waals surface area contributed by atoms with E-state index in [2.05, 4.69) is 46.6 Å². The fourth-order valence-corrected chi connectivity index (χ4v) is 9.04. The molecule has 4 aliphatic carbocycles. The first-order valence-corrected chi connectivity index (χ1v) is 14.1. The maximum atomic E-state index is 14.0. The van der Waals surface area contributed by atoms with Gasteiger partial charge in [0, 0.05) is 53.4 Å². The molecule has 0 radical (unpaired) electrons. The monoisotopic (exact) mass is 538 g/mol. The summed E-state index contributed by atoms with van der Waals surface area (Å²) in [7, 11) is 3.84. The number of aromatic nitrogens is 4. The maximum absolute atomic E-state index is 14.0. The highest BCUT2D eigenvalue weighted by atomic mass is 19.1. The molecule has 2 heterocycles. The summed E-state index contributed by atoms with van der Waals surface area (Å²) in [6, 6.07) is 3.51. The smallest absolute Gasteiger partial charge is 0.270 e. The first-order valence-electron chi connectivity index (χ1n) is 14.1. The number of hydrogen-bond acceptors (Lipinski definition) is 2. The Kier molecular flexibility index (Phi) is 5.30. The molecule has 8 heteroatoms. The molecule has 1 N–H and O–H groups in total. The van der Waals surface area contributed by atoms with Crippen molar-refractivity contribution in [2.75, 3.05) is 0 Å². The number of aromatic amines is 1. The number of nitrogens with one attached hydrogen (secondary N) is 1. The lowest BCUT2D eigenvalue weighted by atomic mass is 9.70. The number of halogens is 2. The molecule has 2 fully saturated rings. The first-order chi connectivity index (χ1) is 18.1. The molecule has 4 aliphatic rings. The zero-order chi connectivity index (χ0) is 28.4. The number of aryl methyl sites for hydroxylation is 1. The fourth-order valence-electron chi connectivity index (χ4n) is 9.04. The van der Waals surface area contributed by atoms with Crippen molar-refractivity contribution >= 4 is 0 Å². The van der Waals surface area contributed by atoms with E-state index in [1.54, 1.807) is 4.68 Å². The average Bonchev–Trinajstić information content (AvgIpc) is 3.54. The first kappa shape index (κ1) is 26.3. The molecule has 39 heavy (non-hydrogen) atoms. The summed E-state index contributed by atoms with van der Waals surface area (Å²) in [4.78, 5) is 24.9. The normalized spacial score (nSPS) is 30.3. The van der Waals surface area contributed by atoms with Crippen LogP contribution in [-0.2, 0) is 31.5 Å². The predicted molar refractivity (Wildman–Crippen MR) is 147 cm³/mol. The van der Waals surface area contributed by atoms with Gasteiger partial charge in [-0.2, -0.15) is 0 Å². The van der Waals surface area contributed by atoms with Gasteiger partial charge in [0.05, 0.1) is 12.2 Å². The van der Waals surface area contributed by atoms with Crippen LogP contribution in [0.15, 0.2) is 27.8 Å². The molecule has 7 rings (SSSR count). The van der Waals surface area contributed by atoms with Gasteiger partial charge in [0.1, 0.15) is 11.6 Å². The summed E-state index contributed by atoms with van der Waals surface area (Å²) in [5, 5.41) is 2.90. The molecule has 4 bridgehead atoms. The molecule has 1 aromatic carbocycles. The van der Waals surface area contributed by atoms with Crippen molar-refractivity contribution in [1.29, 1.82) is 0 Å². The Morgan fingerprint density at radius 1 is 0.872 bits per heavy atom. The molecule has 0 unspecified atom stereocenters. The van der Waals surface area contributed by atoms with Crippen molar-refractivity contribution in [2.45, 2.75) is 96.4 Å². The second kappa shape index (κ2) is 7.85. The summed E-state index contributed by atoms with van der Waals surface area (Å²) in [5.41, 5.74) is 5.20. The Bertz CT molecular complexity index is 1640. The molecule has 2 saturated carbocycles. The SMILES string of the molecule is Cn1[nH]c(=O)c2c1[C@]1(C)CC[C@H]2C1(C)C.Cn1c2c(c(=O)n1Cc1ccc(F)cc1F)[C@H]1CC[C@]2(C)C1(C)C. The van der Waals surface area contributed by atoms with Crippen LogP contribution in [0, 0.1) is 22.5 Å². The van der Waals surface area contributed by atoms with Crippen molar-refractivity contribution < 1.29 is 8.78 Å². The number of rotatable bonds is 2. The standard InChI is InChI=1S/C19H22F2N2O.C12H18N2O/c1-18(2)13-7-8-19(18,3)16-15(13)17(24)23(22(16)4)10-11-5-6-12(20)9-14(11)21;1-11(2)7-5-6-12(11,3)9-8(7)10(15)13-14(9)4/h5-6,9,13H,7-8,10H2,1-4H3;7H,5-6H2,1-4H3,(H,13,15)/t13-,19+;7-,12+/m11/s1. The van der Waals surface area contributed by atoms with Crippen LogP contribution in [0.4, 0.5) is 8.78 Å². The molecule has 6 nitrogen and oxygen atoms in total. The highest BCUT2D eigenvalue weighted by Crippen LogP contribution is 2.67. The Morgan fingerprint density at radius 3 is 1.97 bits per heavy atom. The average molecular weight is 539 g/mol. The fraction of sp³-hybridized carbons (Fsp3) is 0.613. The van der Waals surface area contributed by atoms with Crippen molar-refractivity contribution in [1.82, 2.24) is 19.1 Å². The molecule has 3 aromatic rings. The van der Waals surface area contributed by atoms with Gasteiger partial charge in [0.15, 0.2) is 0 Å². The van der Waals surface area contributed by atoms with Gasteiger partial charge in [-0.05, 0) is 54.4 Å². The van der Waals surface area contributed by atoms with Gasteiger partial charge in [-0.25, -0.2) is 13.5 Å². The third-order valence-electron chi connectivity index (χ3n) is 12.0. The van der Waals surface area contributed by atoms with E-state index >= 15 is 0 Å². The number of hydrogen-bond donors (Lipinski definition) is 1. The topological polar surface area (TPSA) is 64.7 Å². The van der Waals surface area contributed by atoms with Crippen LogP contribution >= 0.6 is 0 Å². The molecule has 2 aromatic heterocycles. The molecule has 0 aliphatic heterocycles. The second-order valence-corrected chi connectivity index (χ2v) is 13.9. The number of benzene rings is 1. The van der Waals surface area contributed by atoms with E-state index in [0.29, 0.717) is 11.5 Å². The summed E-state index contributed by atoms with van der Waals surface area (Å²) >= 11 is 0. The lowest BCUT2D eigenvalue weighted by molar-refractivity contribution is 0.215. The van der Waals surface area contributed by atoms with Gasteiger partial charge < -0.3 is 0 Å². The highest BCUT2D eigenvalue weighted by molar-refractivity contribution is 5.46. The molecule has 0 spiro atoms. The van der Waals surface area contributed by atoms with Crippen molar-refractivity contribution in [3.8, 4) is 0 Å². The molecule has 4 atom stereocenters. The van der Waals surface area contributed by atoms with Gasteiger partial charge in [0.2, 0.25) is 0 Å². The summed E-state index contributed by atoms with van der Waals surface area (Å²) in [6.07, 6.45) is 4.48. The minimum Gasteiger partial charge on any atom is -0.291 e. The van der Waals surface area contributed by atoms with Crippen molar-refractivity contribution in [3.63, 3.8) is 0 Å². The van der Waals surface area contributed by atoms with Crippen LogP contribution in [0.2, 0.25) is 0 Å². The van der Waals surface area contributed by atoms with E-state index in [1.165, 1.54) is 30.7 Å². The third-order valence-corrected chi connectivity index (χ3v) is 12.0. The van der Waals surface area contributed by atoms with Crippen LogP contribution in [0.3, 0.4) is 0 Å². The van der Waals surface area contributed by atoms with Gasteiger partial charge in [-0.15, -0.1) is 0 Å². The molecular formula is C31H40F2N4O2. The maximum Gasteiger partial charge on any atom is 0.270 e. The molecule has 0 saturated heterocycles. The number of fused-ring (bicyclic) bond motifs is 10. The Hall–Kier alpha value is -2.90. The van der Waals surface area contributed by atoms with Crippen LogP contribution < -0.4 is 11.1 Å². The lowest BCUT2D eigenvalue weighted by Crippen LogP contribution is -2.35. The Morgan fingerprint density at radius 2 is 1.44 bits per heavy atom. The van der Waals surface area contributed by atoms with Crippen molar-refractivity contribution in [2.24, 2.45) is 24.9 Å². The summed E-state index contributed by atoms with van der Waals surface area (Å²) in [5.74, 6) is -0.499. The molecule has 210 valence electrons. The Labute approximate surface area is 228 Å². The minimum atomic E-state index is -0.613. The van der Waals surface area contributed by atoms with Gasteiger partial charge in [-0.1, -0.05) is 47.6 Å². The zero-order valence-electron chi connectivity index (χ0n) is 24.3. The zero-order valence-corrected chi connectivity index (χ0v) is 24.3. The van der Waals surface area contributed by atoms with E-state index in [1.807, 2.05) is 23.5 Å². The molecular weight excluding hydrogens is 498 g/mol. The number of nitrogens with zero attached hydrogens (tertiary/aromatic N) is 3. The lowest BCUT2D eigenvalue weighted by Gasteiger charge is -2.36. The van der Waals surface area contributed by atoms with Crippen LogP contribution in [-0.4, -0.2) is 19.1 Å². The largest absolute Gasteiger partial charge is 0.291 e. The van der Waals surface area contributed by atoms with E-state index in [0.717, 1.165) is 35.7 Å².